The molecule has 0 bridgehead atoms. The molecule has 0 fully saturated rings. The van der Waals surface area contributed by atoms with Crippen LogP contribution in [-0.4, -0.2) is 22.7 Å². The average molecular weight is 315 g/mol. The quantitative estimate of drug-likeness (QED) is 0.822. The van der Waals surface area contributed by atoms with E-state index in [0.29, 0.717) is 0 Å². The number of para-hydroxylation sites is 2. The molecule has 0 amide bonds. The number of aromatic nitrogens is 1. The molecule has 1 aromatic carbocycles. The van der Waals surface area contributed by atoms with E-state index in [1.54, 1.807) is 6.07 Å². The number of rotatable bonds is 5. The first-order valence-corrected chi connectivity index (χ1v) is 6.05. The molecule has 21 heavy (non-hydrogen) atoms. The third-order valence-electron chi connectivity index (χ3n) is 2.41. The van der Waals surface area contributed by atoms with Gasteiger partial charge in [0, 0.05) is 0 Å². The van der Waals surface area contributed by atoms with Crippen LogP contribution < -0.4 is 10.1 Å². The number of carboxylic acid groups (broad SMARTS) is 1. The summed E-state index contributed by atoms with van der Waals surface area (Å²) >= 11 is 5.72. The number of alkyl halides is 2. The maximum absolute atomic E-state index is 12.3. The minimum absolute atomic E-state index is 0.0374. The molecule has 0 radical (unpaired) electrons. The molecule has 0 saturated heterocycles. The highest BCUT2D eigenvalue weighted by molar-refractivity contribution is 6.29. The van der Waals surface area contributed by atoms with Gasteiger partial charge in [-0.25, -0.2) is 9.78 Å². The monoisotopic (exact) mass is 314 g/mol. The van der Waals surface area contributed by atoms with Crippen molar-refractivity contribution >= 4 is 29.1 Å². The van der Waals surface area contributed by atoms with Gasteiger partial charge in [-0.1, -0.05) is 23.7 Å². The van der Waals surface area contributed by atoms with E-state index < -0.39 is 12.6 Å². The molecular formula is C13H9ClF2N2O3. The third-order valence-corrected chi connectivity index (χ3v) is 2.60. The van der Waals surface area contributed by atoms with Crippen molar-refractivity contribution in [3.63, 3.8) is 0 Å². The molecule has 0 unspecified atom stereocenters. The molecule has 0 aliphatic carbocycles. The van der Waals surface area contributed by atoms with E-state index in [1.165, 1.54) is 30.3 Å². The highest BCUT2D eigenvalue weighted by Gasteiger charge is 2.12. The molecule has 110 valence electrons. The summed E-state index contributed by atoms with van der Waals surface area (Å²) in [6.45, 7) is -2.98. The first-order valence-electron chi connectivity index (χ1n) is 5.67. The molecule has 0 spiro atoms. The number of ether oxygens (including phenoxy) is 1. The standard InChI is InChI=1S/C13H9ClF2N2O3/c14-10-5-7(12(19)20)6-11(18-10)17-8-3-1-2-4-9(8)21-13(15)16/h1-6,13H,(H,17,18)(H,19,20). The Balaban J connectivity index is 2.32. The van der Waals surface area contributed by atoms with Crippen molar-refractivity contribution in [1.29, 1.82) is 0 Å². The second-order valence-corrected chi connectivity index (χ2v) is 4.26. The van der Waals surface area contributed by atoms with E-state index in [9.17, 15) is 13.6 Å². The number of nitrogens with one attached hydrogen (secondary N) is 1. The Morgan fingerprint density at radius 2 is 2.05 bits per heavy atom. The highest BCUT2D eigenvalue weighted by atomic mass is 35.5. The SMILES string of the molecule is O=C(O)c1cc(Cl)nc(Nc2ccccc2OC(F)F)c1. The fourth-order valence-electron chi connectivity index (χ4n) is 1.59. The number of anilines is 2. The summed E-state index contributed by atoms with van der Waals surface area (Å²) in [6, 6.07) is 8.36. The number of aromatic carboxylic acids is 1. The van der Waals surface area contributed by atoms with Gasteiger partial charge in [0.1, 0.15) is 16.7 Å². The number of pyridine rings is 1. The Kier molecular flexibility index (Phi) is 4.54. The van der Waals surface area contributed by atoms with Gasteiger partial charge in [-0.15, -0.1) is 0 Å². The van der Waals surface area contributed by atoms with Crippen LogP contribution in [0.15, 0.2) is 36.4 Å². The van der Waals surface area contributed by atoms with Crippen LogP contribution in [0.4, 0.5) is 20.3 Å². The molecular weight excluding hydrogens is 306 g/mol. The van der Waals surface area contributed by atoms with Crippen molar-refractivity contribution < 1.29 is 23.4 Å². The van der Waals surface area contributed by atoms with Gasteiger partial charge in [0.15, 0.2) is 0 Å². The maximum Gasteiger partial charge on any atom is 0.387 e. The molecule has 8 heteroatoms. The number of benzene rings is 1. The van der Waals surface area contributed by atoms with Gasteiger partial charge in [0.05, 0.1) is 11.3 Å². The van der Waals surface area contributed by atoms with Gasteiger partial charge >= 0.3 is 12.6 Å². The second-order valence-electron chi connectivity index (χ2n) is 3.87. The molecule has 2 aromatic rings. The summed E-state index contributed by atoms with van der Waals surface area (Å²) in [7, 11) is 0. The number of carboxylic acids is 1. The molecule has 0 aliphatic heterocycles. The summed E-state index contributed by atoms with van der Waals surface area (Å²) in [5, 5.41) is 11.6. The first-order chi connectivity index (χ1) is 9.95. The van der Waals surface area contributed by atoms with Crippen molar-refractivity contribution in [1.82, 2.24) is 4.98 Å². The van der Waals surface area contributed by atoms with Gasteiger partial charge in [-0.2, -0.15) is 8.78 Å². The van der Waals surface area contributed by atoms with Crippen LogP contribution in [0.2, 0.25) is 5.15 Å². The lowest BCUT2D eigenvalue weighted by Gasteiger charge is -2.12. The van der Waals surface area contributed by atoms with E-state index in [0.717, 1.165) is 0 Å². The van der Waals surface area contributed by atoms with Crippen LogP contribution in [0.3, 0.4) is 0 Å². The van der Waals surface area contributed by atoms with Gasteiger partial charge in [-0.05, 0) is 24.3 Å². The Bertz CT molecular complexity index is 668. The summed E-state index contributed by atoms with van der Waals surface area (Å²) in [5.41, 5.74) is 0.133. The van der Waals surface area contributed by atoms with Gasteiger partial charge in [0.25, 0.3) is 0 Å². The fourth-order valence-corrected chi connectivity index (χ4v) is 1.80. The third kappa shape index (κ3) is 4.03. The van der Waals surface area contributed by atoms with Crippen molar-refractivity contribution in [2.24, 2.45) is 0 Å². The molecule has 2 N–H and O–H groups in total. The summed E-state index contributed by atoms with van der Waals surface area (Å²) in [4.78, 5) is 14.8. The predicted octanol–water partition coefficient (Wildman–Crippen LogP) is 3.78. The van der Waals surface area contributed by atoms with E-state index in [-0.39, 0.29) is 28.0 Å². The zero-order valence-electron chi connectivity index (χ0n) is 10.4. The lowest BCUT2D eigenvalue weighted by molar-refractivity contribution is -0.0493. The van der Waals surface area contributed by atoms with E-state index in [2.05, 4.69) is 15.0 Å². The molecule has 5 nitrogen and oxygen atoms in total. The highest BCUT2D eigenvalue weighted by Crippen LogP contribution is 2.28. The topological polar surface area (TPSA) is 71.5 Å². The number of hydrogen-bond donors (Lipinski definition) is 2. The number of halogens is 3. The maximum atomic E-state index is 12.3. The van der Waals surface area contributed by atoms with Crippen LogP contribution in [-0.2, 0) is 0 Å². The van der Waals surface area contributed by atoms with E-state index >= 15 is 0 Å². The van der Waals surface area contributed by atoms with E-state index in [4.69, 9.17) is 16.7 Å². The second kappa shape index (κ2) is 6.36. The van der Waals surface area contributed by atoms with Crippen molar-refractivity contribution in [3.8, 4) is 5.75 Å². The Morgan fingerprint density at radius 3 is 2.71 bits per heavy atom. The lowest BCUT2D eigenvalue weighted by Crippen LogP contribution is -2.05. The predicted molar refractivity (Wildman–Crippen MR) is 72.6 cm³/mol. The molecule has 2 rings (SSSR count). The largest absolute Gasteiger partial charge is 0.478 e. The Labute approximate surface area is 123 Å². The molecule has 1 aromatic heterocycles. The molecule has 0 aliphatic rings. The van der Waals surface area contributed by atoms with Crippen LogP contribution >= 0.6 is 11.6 Å². The molecule has 0 atom stereocenters. The van der Waals surface area contributed by atoms with E-state index in [1.807, 2.05) is 0 Å². The Morgan fingerprint density at radius 1 is 1.33 bits per heavy atom. The van der Waals surface area contributed by atoms with Crippen molar-refractivity contribution in [2.45, 2.75) is 6.61 Å². The smallest absolute Gasteiger partial charge is 0.387 e. The minimum Gasteiger partial charge on any atom is -0.478 e. The van der Waals surface area contributed by atoms with Crippen LogP contribution in [0.5, 0.6) is 5.75 Å². The zero-order chi connectivity index (χ0) is 15.4. The number of carbonyl (C=O) groups is 1. The van der Waals surface area contributed by atoms with Crippen LogP contribution in [0, 0.1) is 0 Å². The summed E-state index contributed by atoms with van der Waals surface area (Å²) < 4.78 is 29.0. The first kappa shape index (κ1) is 15.0. The summed E-state index contributed by atoms with van der Waals surface area (Å²) in [6.07, 6.45) is 0. The average Bonchev–Trinajstić information content (AvgIpc) is 2.39. The normalized spacial score (nSPS) is 10.5. The molecule has 1 heterocycles. The fraction of sp³-hybridized carbons (Fsp3) is 0.0769. The number of nitrogens with zero attached hydrogens (tertiary/aromatic N) is 1. The van der Waals surface area contributed by atoms with Crippen molar-refractivity contribution in [2.75, 3.05) is 5.32 Å². The van der Waals surface area contributed by atoms with Gasteiger partial charge < -0.3 is 15.2 Å². The summed E-state index contributed by atoms with van der Waals surface area (Å²) in [5.74, 6) is -1.17. The van der Waals surface area contributed by atoms with Crippen molar-refractivity contribution in [3.05, 3.63) is 47.1 Å². The van der Waals surface area contributed by atoms with Gasteiger partial charge in [-0.3, -0.25) is 0 Å². The van der Waals surface area contributed by atoms with Crippen LogP contribution in [0.25, 0.3) is 0 Å². The van der Waals surface area contributed by atoms with Gasteiger partial charge in [0.2, 0.25) is 0 Å². The van der Waals surface area contributed by atoms with Crippen LogP contribution in [0.1, 0.15) is 10.4 Å². The Hall–Kier alpha value is -2.41. The number of hydrogen-bond acceptors (Lipinski definition) is 4. The zero-order valence-corrected chi connectivity index (χ0v) is 11.1. The minimum atomic E-state index is -2.98. The lowest BCUT2D eigenvalue weighted by atomic mass is 10.2. The molecule has 0 saturated carbocycles.